The fourth-order valence-electron chi connectivity index (χ4n) is 2.57. The third-order valence-electron chi connectivity index (χ3n) is 3.69. The summed E-state index contributed by atoms with van der Waals surface area (Å²) >= 11 is 1.49. The Hall–Kier alpha value is -2.54. The van der Waals surface area contributed by atoms with E-state index >= 15 is 0 Å². The molecule has 23 heavy (non-hydrogen) atoms. The molecule has 1 N–H and O–H groups in total. The van der Waals surface area contributed by atoms with E-state index in [0.717, 1.165) is 21.7 Å². The first-order valence-corrected chi connectivity index (χ1v) is 8.09. The number of thioether (sulfide) groups is 1. The molecule has 1 aromatic carbocycles. The van der Waals surface area contributed by atoms with Gasteiger partial charge in [-0.2, -0.15) is 10.5 Å². The highest BCUT2D eigenvalue weighted by molar-refractivity contribution is 7.98. The van der Waals surface area contributed by atoms with Crippen molar-refractivity contribution in [1.29, 1.82) is 10.5 Å². The summed E-state index contributed by atoms with van der Waals surface area (Å²) in [5.74, 6) is 0.629. The van der Waals surface area contributed by atoms with Crippen LogP contribution in [0.2, 0.25) is 0 Å². The number of fused-ring (bicyclic) bond motifs is 1. The minimum atomic E-state index is -0.346. The predicted octanol–water partition coefficient (Wildman–Crippen LogP) is 2.48. The Balaban J connectivity index is 1.92. The first kappa shape index (κ1) is 15.4. The molecule has 0 bridgehead atoms. The lowest BCUT2D eigenvalue weighted by atomic mass is 10.0. The first-order chi connectivity index (χ1) is 11.2. The van der Waals surface area contributed by atoms with Crippen molar-refractivity contribution in [3.63, 3.8) is 0 Å². The largest absolute Gasteiger partial charge is 0.376 e. The molecule has 114 valence electrons. The average Bonchev–Trinajstić information content (AvgIpc) is 2.60. The Labute approximate surface area is 137 Å². The quantitative estimate of drug-likeness (QED) is 0.876. The van der Waals surface area contributed by atoms with Crippen LogP contribution in [0, 0.1) is 22.7 Å². The highest BCUT2D eigenvalue weighted by atomic mass is 32.2. The van der Waals surface area contributed by atoms with Gasteiger partial charge in [-0.05, 0) is 29.7 Å². The van der Waals surface area contributed by atoms with Gasteiger partial charge in [-0.25, -0.2) is 0 Å². The first-order valence-electron chi connectivity index (χ1n) is 7.10. The lowest BCUT2D eigenvalue weighted by molar-refractivity contribution is 0.108. The Morgan fingerprint density at radius 1 is 1.26 bits per heavy atom. The summed E-state index contributed by atoms with van der Waals surface area (Å²) in [7, 11) is 0. The zero-order chi connectivity index (χ0) is 16.2. The maximum Gasteiger partial charge on any atom is 0.267 e. The van der Waals surface area contributed by atoms with Gasteiger partial charge in [0, 0.05) is 11.3 Å². The van der Waals surface area contributed by atoms with Crippen LogP contribution in [0.4, 0.5) is 0 Å². The molecule has 1 aliphatic rings. The summed E-state index contributed by atoms with van der Waals surface area (Å²) in [6.45, 7) is 0.931. The van der Waals surface area contributed by atoms with E-state index in [0.29, 0.717) is 31.0 Å². The van der Waals surface area contributed by atoms with E-state index in [4.69, 9.17) is 10.00 Å². The predicted molar refractivity (Wildman–Crippen MR) is 85.9 cm³/mol. The molecule has 0 saturated carbocycles. The van der Waals surface area contributed by atoms with Crippen LogP contribution < -0.4 is 5.56 Å². The monoisotopic (exact) mass is 323 g/mol. The highest BCUT2D eigenvalue weighted by Crippen LogP contribution is 2.29. The van der Waals surface area contributed by atoms with Crippen molar-refractivity contribution in [1.82, 2.24) is 4.98 Å². The molecule has 1 aromatic heterocycles. The second-order valence-electron chi connectivity index (χ2n) is 5.13. The van der Waals surface area contributed by atoms with E-state index in [1.54, 1.807) is 6.07 Å². The van der Waals surface area contributed by atoms with Crippen LogP contribution in [0.25, 0.3) is 0 Å². The van der Waals surface area contributed by atoms with E-state index in [1.165, 1.54) is 11.8 Å². The molecule has 0 fully saturated rings. The molecule has 3 rings (SSSR count). The lowest BCUT2D eigenvalue weighted by Crippen LogP contribution is -2.22. The lowest BCUT2D eigenvalue weighted by Gasteiger charge is -2.20. The number of pyridine rings is 1. The normalized spacial score (nSPS) is 13.0. The standard InChI is InChI=1S/C17H13N3O2S/c18-7-11-2-1-3-12(6-11)10-23-17-15-9-22-5-4-13(15)14(8-19)16(21)20-17/h1-3,6H,4-5,9-10H2,(H,20,21). The molecule has 0 unspecified atom stereocenters. The van der Waals surface area contributed by atoms with Crippen molar-refractivity contribution in [2.75, 3.05) is 6.61 Å². The van der Waals surface area contributed by atoms with Crippen LogP contribution in [0.3, 0.4) is 0 Å². The Bertz CT molecular complexity index is 890. The molecule has 1 aliphatic heterocycles. The molecule has 2 heterocycles. The molecule has 5 nitrogen and oxygen atoms in total. The summed E-state index contributed by atoms with van der Waals surface area (Å²) in [6, 6.07) is 11.5. The number of hydrogen-bond acceptors (Lipinski definition) is 5. The van der Waals surface area contributed by atoms with E-state index in [9.17, 15) is 10.1 Å². The number of nitrogens with zero attached hydrogens (tertiary/aromatic N) is 2. The number of hydrogen-bond donors (Lipinski definition) is 1. The molecule has 0 spiro atoms. The van der Waals surface area contributed by atoms with Crippen molar-refractivity contribution in [3.8, 4) is 12.1 Å². The third kappa shape index (κ3) is 3.14. The number of nitrogens with one attached hydrogen (secondary N) is 1. The smallest absolute Gasteiger partial charge is 0.267 e. The van der Waals surface area contributed by atoms with Gasteiger partial charge in [-0.15, -0.1) is 11.8 Å². The molecule has 2 aromatic rings. The molecular weight excluding hydrogens is 310 g/mol. The molecule has 0 aliphatic carbocycles. The number of benzene rings is 1. The minimum absolute atomic E-state index is 0.194. The minimum Gasteiger partial charge on any atom is -0.376 e. The SMILES string of the molecule is N#Cc1cccc(CSc2[nH]c(=O)c(C#N)c3c2COCC3)c1. The van der Waals surface area contributed by atoms with Crippen molar-refractivity contribution >= 4 is 11.8 Å². The number of nitriles is 2. The maximum atomic E-state index is 12.1. The number of rotatable bonds is 3. The van der Waals surface area contributed by atoms with Gasteiger partial charge >= 0.3 is 0 Å². The van der Waals surface area contributed by atoms with Gasteiger partial charge < -0.3 is 9.72 Å². The van der Waals surface area contributed by atoms with Gasteiger partial charge in [0.25, 0.3) is 5.56 Å². The molecule has 0 radical (unpaired) electrons. The van der Waals surface area contributed by atoms with Crippen LogP contribution in [-0.4, -0.2) is 11.6 Å². The maximum absolute atomic E-state index is 12.1. The van der Waals surface area contributed by atoms with Crippen molar-refractivity contribution in [2.45, 2.75) is 23.8 Å². The summed E-state index contributed by atoms with van der Waals surface area (Å²) in [5, 5.41) is 18.9. The van der Waals surface area contributed by atoms with Crippen molar-refractivity contribution in [2.24, 2.45) is 0 Å². The van der Waals surface area contributed by atoms with Gasteiger partial charge in [0.15, 0.2) is 0 Å². The highest BCUT2D eigenvalue weighted by Gasteiger charge is 2.21. The molecule has 0 amide bonds. The second-order valence-corrected chi connectivity index (χ2v) is 6.12. The van der Waals surface area contributed by atoms with E-state index < -0.39 is 0 Å². The molecule has 0 saturated heterocycles. The van der Waals surface area contributed by atoms with Gasteiger partial charge in [-0.1, -0.05) is 12.1 Å². The third-order valence-corrected chi connectivity index (χ3v) is 4.80. The second kappa shape index (κ2) is 6.70. The summed E-state index contributed by atoms with van der Waals surface area (Å²) in [4.78, 5) is 14.9. The topological polar surface area (TPSA) is 89.7 Å². The van der Waals surface area contributed by atoms with Crippen LogP contribution >= 0.6 is 11.8 Å². The van der Waals surface area contributed by atoms with Gasteiger partial charge in [0.1, 0.15) is 11.6 Å². The van der Waals surface area contributed by atoms with E-state index in [-0.39, 0.29) is 11.1 Å². The Kier molecular flexibility index (Phi) is 4.47. The van der Waals surface area contributed by atoms with Gasteiger partial charge in [-0.3, -0.25) is 4.79 Å². The van der Waals surface area contributed by atoms with Crippen LogP contribution in [0.15, 0.2) is 34.1 Å². The van der Waals surface area contributed by atoms with Crippen LogP contribution in [0.5, 0.6) is 0 Å². The molecular formula is C17H13N3O2S. The van der Waals surface area contributed by atoms with Crippen molar-refractivity contribution in [3.05, 3.63) is 62.4 Å². The zero-order valence-corrected chi connectivity index (χ0v) is 13.1. The average molecular weight is 323 g/mol. The summed E-state index contributed by atoms with van der Waals surface area (Å²) < 4.78 is 5.48. The van der Waals surface area contributed by atoms with Crippen LogP contribution in [-0.2, 0) is 23.5 Å². The fraction of sp³-hybridized carbons (Fsp3) is 0.235. The molecule has 0 atom stereocenters. The number of ether oxygens (including phenoxy) is 1. The fourth-order valence-corrected chi connectivity index (χ4v) is 3.58. The van der Waals surface area contributed by atoms with Gasteiger partial charge in [0.05, 0.1) is 29.9 Å². The van der Waals surface area contributed by atoms with Crippen LogP contribution in [0.1, 0.15) is 27.8 Å². The van der Waals surface area contributed by atoms with Crippen molar-refractivity contribution < 1.29 is 4.74 Å². The van der Waals surface area contributed by atoms with Gasteiger partial charge in [0.2, 0.25) is 0 Å². The summed E-state index contributed by atoms with van der Waals surface area (Å²) in [5.41, 5.74) is 3.16. The Morgan fingerprint density at radius 3 is 2.91 bits per heavy atom. The van der Waals surface area contributed by atoms with E-state index in [2.05, 4.69) is 11.1 Å². The molecule has 6 heteroatoms. The number of aromatic amines is 1. The number of H-pyrrole nitrogens is 1. The number of aromatic nitrogens is 1. The Morgan fingerprint density at radius 2 is 2.13 bits per heavy atom. The summed E-state index contributed by atoms with van der Waals surface area (Å²) in [6.07, 6.45) is 0.583. The zero-order valence-electron chi connectivity index (χ0n) is 12.3. The van der Waals surface area contributed by atoms with E-state index in [1.807, 2.05) is 24.3 Å².